The van der Waals surface area contributed by atoms with E-state index in [1.807, 2.05) is 0 Å². The minimum Gasteiger partial charge on any atom is -0.378 e. The number of ether oxygens (including phenoxy) is 3. The van der Waals surface area contributed by atoms with Gasteiger partial charge in [-0.25, -0.2) is 17.6 Å². The van der Waals surface area contributed by atoms with Crippen molar-refractivity contribution in [2.24, 2.45) is 0 Å². The highest BCUT2D eigenvalue weighted by Gasteiger charge is 2.75. The molecule has 0 N–H and O–H groups in total. The van der Waals surface area contributed by atoms with E-state index in [0.717, 1.165) is 7.11 Å². The average molecular weight is 562 g/mol. The molecule has 0 aliphatic rings. The van der Waals surface area contributed by atoms with Gasteiger partial charge in [-0.15, -0.1) is 0 Å². The Morgan fingerprint density at radius 3 is 1.06 bits per heavy atom. The Hall–Kier alpha value is -1.24. The molecule has 19 heteroatoms. The highest BCUT2D eigenvalue weighted by atomic mass is 19.4. The fourth-order valence-electron chi connectivity index (χ4n) is 2.09. The summed E-state index contributed by atoms with van der Waals surface area (Å²) in [4.78, 5) is 0. The zero-order valence-electron chi connectivity index (χ0n) is 17.2. The van der Waals surface area contributed by atoms with Crippen LogP contribution in [0.3, 0.4) is 0 Å². The van der Waals surface area contributed by atoms with E-state index in [1.165, 1.54) is 0 Å². The van der Waals surface area contributed by atoms with Gasteiger partial charge in [0, 0.05) is 20.0 Å². The van der Waals surface area contributed by atoms with Crippen LogP contribution >= 0.6 is 0 Å². The van der Waals surface area contributed by atoms with Gasteiger partial charge < -0.3 is 14.2 Å². The van der Waals surface area contributed by atoms with Gasteiger partial charge in [0.2, 0.25) is 0 Å². The zero-order chi connectivity index (χ0) is 28.1. The first-order valence-electron chi connectivity index (χ1n) is 9.04. The Morgan fingerprint density at radius 1 is 0.543 bits per heavy atom. The molecule has 0 heterocycles. The summed E-state index contributed by atoms with van der Waals surface area (Å²) in [5.74, 6) is -37.0. The molecular formula is C16H18F16O3. The van der Waals surface area contributed by atoms with Gasteiger partial charge in [0.25, 0.3) is 0 Å². The van der Waals surface area contributed by atoms with Crippen LogP contribution < -0.4 is 0 Å². The molecule has 0 atom stereocenters. The molecule has 0 fully saturated rings. The van der Waals surface area contributed by atoms with Crippen molar-refractivity contribution in [1.82, 2.24) is 0 Å². The maximum Gasteiger partial charge on any atom is 0.377 e. The van der Waals surface area contributed by atoms with Crippen LogP contribution in [-0.4, -0.2) is 88.0 Å². The van der Waals surface area contributed by atoms with Crippen LogP contribution in [0, 0.1) is 0 Å². The van der Waals surface area contributed by atoms with Crippen molar-refractivity contribution in [3.05, 3.63) is 0 Å². The first kappa shape index (κ1) is 33.8. The van der Waals surface area contributed by atoms with E-state index in [9.17, 15) is 70.2 Å². The minimum absolute atomic E-state index is 0.856. The monoisotopic (exact) mass is 562 g/mol. The van der Waals surface area contributed by atoms with Gasteiger partial charge in [-0.05, 0) is 0 Å². The molecular weight excluding hydrogens is 544 g/mol. The number of halogens is 16. The van der Waals surface area contributed by atoms with Gasteiger partial charge in [-0.2, -0.15) is 52.7 Å². The third-order valence-corrected chi connectivity index (χ3v) is 4.37. The highest BCUT2D eigenvalue weighted by Crippen LogP contribution is 2.50. The van der Waals surface area contributed by atoms with E-state index in [1.54, 1.807) is 0 Å². The number of hydrogen-bond acceptors (Lipinski definition) is 3. The van der Waals surface area contributed by atoms with E-state index in [4.69, 9.17) is 0 Å². The molecule has 0 spiro atoms. The number of alkyl halides is 16. The van der Waals surface area contributed by atoms with Crippen LogP contribution in [-0.2, 0) is 14.2 Å². The summed E-state index contributed by atoms with van der Waals surface area (Å²) in [6, 6.07) is 0. The van der Waals surface area contributed by atoms with Crippen molar-refractivity contribution < 1.29 is 84.5 Å². The van der Waals surface area contributed by atoms with Crippen molar-refractivity contribution in [2.45, 2.75) is 67.3 Å². The Balaban J connectivity index is 4.70. The smallest absolute Gasteiger partial charge is 0.377 e. The minimum atomic E-state index is -6.46. The molecule has 0 bridgehead atoms. The van der Waals surface area contributed by atoms with Gasteiger partial charge in [0.05, 0.1) is 26.4 Å². The molecule has 0 rings (SSSR count). The lowest BCUT2D eigenvalue weighted by Gasteiger charge is -2.32. The molecule has 0 aromatic rings. The first-order valence-corrected chi connectivity index (χ1v) is 9.04. The molecule has 0 aliphatic heterocycles. The summed E-state index contributed by atoms with van der Waals surface area (Å²) >= 11 is 0. The van der Waals surface area contributed by atoms with E-state index < -0.39 is 93.8 Å². The van der Waals surface area contributed by atoms with Crippen molar-refractivity contribution in [3.8, 4) is 0 Å². The zero-order valence-corrected chi connectivity index (χ0v) is 17.2. The SMILES string of the molecule is COC(COCCC(F)(F)C(F)(F)C(F)(F)C(F)F)COCCC(F)(F)C(F)(F)C(F)(F)C(F)F. The van der Waals surface area contributed by atoms with Crippen LogP contribution in [0.15, 0.2) is 0 Å². The third kappa shape index (κ3) is 7.39. The summed E-state index contributed by atoms with van der Waals surface area (Å²) in [7, 11) is 0.856. The fourth-order valence-corrected chi connectivity index (χ4v) is 2.09. The van der Waals surface area contributed by atoms with E-state index in [-0.39, 0.29) is 0 Å². The van der Waals surface area contributed by atoms with Gasteiger partial charge in [0.15, 0.2) is 0 Å². The molecule has 0 saturated carbocycles. The molecule has 0 amide bonds. The molecule has 3 nitrogen and oxygen atoms in total. The van der Waals surface area contributed by atoms with Crippen LogP contribution in [0.5, 0.6) is 0 Å². The van der Waals surface area contributed by atoms with Crippen molar-refractivity contribution >= 4 is 0 Å². The lowest BCUT2D eigenvalue weighted by Crippen LogP contribution is -2.57. The van der Waals surface area contributed by atoms with Gasteiger partial charge in [0.1, 0.15) is 6.10 Å². The standard InChI is InChI=1S/C16H18F16O3/c1-33-8(6-34-4-2-11(21,22)15(29,30)13(25,26)9(17)18)7-35-5-3-12(23,24)16(31,32)14(27,28)10(19)20/h8-10H,2-7H2,1H3. The Bertz CT molecular complexity index is 588. The van der Waals surface area contributed by atoms with E-state index in [2.05, 4.69) is 14.2 Å². The predicted molar refractivity (Wildman–Crippen MR) is 83.4 cm³/mol. The third-order valence-electron chi connectivity index (χ3n) is 4.37. The summed E-state index contributed by atoms with van der Waals surface area (Å²) in [5, 5.41) is 0. The van der Waals surface area contributed by atoms with Gasteiger partial charge in [-0.3, -0.25) is 0 Å². The lowest BCUT2D eigenvalue weighted by atomic mass is 10.0. The highest BCUT2D eigenvalue weighted by molar-refractivity contribution is 4.98. The van der Waals surface area contributed by atoms with Crippen molar-refractivity contribution in [1.29, 1.82) is 0 Å². The number of hydrogen-bond donors (Lipinski definition) is 0. The summed E-state index contributed by atoms with van der Waals surface area (Å²) < 4.78 is 218. The van der Waals surface area contributed by atoms with E-state index >= 15 is 0 Å². The second-order valence-corrected chi connectivity index (χ2v) is 6.91. The largest absolute Gasteiger partial charge is 0.378 e. The second-order valence-electron chi connectivity index (χ2n) is 6.91. The van der Waals surface area contributed by atoms with Crippen LogP contribution in [0.1, 0.15) is 12.8 Å². The summed E-state index contributed by atoms with van der Waals surface area (Å²) in [6.07, 6.45) is -16.0. The maximum atomic E-state index is 13.3. The second kappa shape index (κ2) is 11.9. The molecule has 0 aromatic carbocycles. The molecule has 212 valence electrons. The van der Waals surface area contributed by atoms with Crippen molar-refractivity contribution in [2.75, 3.05) is 33.5 Å². The normalized spacial score (nSPS) is 15.1. The molecule has 0 aromatic heterocycles. The number of rotatable bonds is 17. The molecule has 0 aliphatic carbocycles. The molecule has 0 radical (unpaired) electrons. The van der Waals surface area contributed by atoms with Gasteiger partial charge >= 0.3 is 48.4 Å². The average Bonchev–Trinajstić information content (AvgIpc) is 2.71. The lowest BCUT2D eigenvalue weighted by molar-refractivity contribution is -0.341. The van der Waals surface area contributed by atoms with Crippen molar-refractivity contribution in [3.63, 3.8) is 0 Å². The van der Waals surface area contributed by atoms with Crippen LogP contribution in [0.4, 0.5) is 70.2 Å². The predicted octanol–water partition coefficient (Wildman–Crippen LogP) is 6.16. The Kier molecular flexibility index (Phi) is 11.5. The molecule has 0 unspecified atom stereocenters. The maximum absolute atomic E-state index is 13.3. The number of methoxy groups -OCH3 is 1. The van der Waals surface area contributed by atoms with Gasteiger partial charge in [-0.1, -0.05) is 0 Å². The van der Waals surface area contributed by atoms with Crippen LogP contribution in [0.2, 0.25) is 0 Å². The Morgan fingerprint density at radius 2 is 0.829 bits per heavy atom. The fraction of sp³-hybridized carbons (Fsp3) is 1.00. The summed E-state index contributed by atoms with van der Waals surface area (Å²) in [6.45, 7) is -4.65. The molecule has 35 heavy (non-hydrogen) atoms. The Labute approximate surface area is 186 Å². The summed E-state index contributed by atoms with van der Waals surface area (Å²) in [5.41, 5.74) is 0. The first-order chi connectivity index (χ1) is 15.5. The quantitative estimate of drug-likeness (QED) is 0.157. The van der Waals surface area contributed by atoms with Crippen LogP contribution in [0.25, 0.3) is 0 Å². The topological polar surface area (TPSA) is 27.7 Å². The molecule has 0 saturated heterocycles. The van der Waals surface area contributed by atoms with E-state index in [0.29, 0.717) is 0 Å².